The highest BCUT2D eigenvalue weighted by atomic mass is 16.7. The molecule has 2 aromatic carbocycles. The average Bonchev–Trinajstić information content (AvgIpc) is 2.75. The quantitative estimate of drug-likeness (QED) is 0.331. The molecule has 0 saturated carbocycles. The van der Waals surface area contributed by atoms with Crippen molar-refractivity contribution in [3.05, 3.63) is 52.9 Å². The van der Waals surface area contributed by atoms with Gasteiger partial charge in [-0.05, 0) is 17.7 Å². The number of benzene rings is 2. The lowest BCUT2D eigenvalue weighted by Crippen LogP contribution is -2.60. The summed E-state index contributed by atoms with van der Waals surface area (Å²) in [6.45, 7) is -0.622. The Hall–Kier alpha value is -3.15. The average molecular weight is 432 g/mol. The summed E-state index contributed by atoms with van der Waals surface area (Å²) in [6.07, 6.45) is -6.23. The zero-order valence-corrected chi connectivity index (χ0v) is 16.0. The zero-order valence-electron chi connectivity index (χ0n) is 16.0. The van der Waals surface area contributed by atoms with Crippen molar-refractivity contribution in [1.82, 2.24) is 0 Å². The van der Waals surface area contributed by atoms with Gasteiger partial charge in [0.15, 0.2) is 0 Å². The number of rotatable bonds is 4. The molecular weight excluding hydrogens is 412 g/mol. The number of hydrogen-bond acceptors (Lipinski definition) is 10. The topological polar surface area (TPSA) is 170 Å². The van der Waals surface area contributed by atoms with Gasteiger partial charge in [0.2, 0.25) is 11.7 Å². The fraction of sp³-hybridized carbons (Fsp3) is 0.286. The molecule has 5 atom stereocenters. The molecule has 4 rings (SSSR count). The molecule has 6 N–H and O–H groups in total. The molecule has 0 amide bonds. The Kier molecular flexibility index (Phi) is 5.56. The van der Waals surface area contributed by atoms with E-state index in [0.29, 0.717) is 5.56 Å². The highest BCUT2D eigenvalue weighted by Crippen LogP contribution is 2.32. The van der Waals surface area contributed by atoms with Crippen molar-refractivity contribution in [2.24, 2.45) is 0 Å². The molecule has 10 heteroatoms. The lowest BCUT2D eigenvalue weighted by Gasteiger charge is -2.39. The van der Waals surface area contributed by atoms with Gasteiger partial charge in [-0.25, -0.2) is 0 Å². The SMILES string of the molecule is O=c1c(-c2ccc(O)cc2)coc2cc(O[C@H]3O[C@H](CO)[C@@H](O)[C@@H](O)[C@H]3O)cc(O)c12. The largest absolute Gasteiger partial charge is 0.508 e. The van der Waals surface area contributed by atoms with Crippen molar-refractivity contribution >= 4 is 11.0 Å². The van der Waals surface area contributed by atoms with E-state index in [4.69, 9.17) is 13.9 Å². The molecular formula is C21H20O10. The molecule has 164 valence electrons. The summed E-state index contributed by atoms with van der Waals surface area (Å²) < 4.78 is 16.2. The Morgan fingerprint density at radius 3 is 2.35 bits per heavy atom. The maximum Gasteiger partial charge on any atom is 0.229 e. The number of fused-ring (bicyclic) bond motifs is 1. The molecule has 10 nitrogen and oxygen atoms in total. The smallest absolute Gasteiger partial charge is 0.229 e. The van der Waals surface area contributed by atoms with Gasteiger partial charge in [-0.2, -0.15) is 0 Å². The van der Waals surface area contributed by atoms with Gasteiger partial charge in [-0.15, -0.1) is 0 Å². The van der Waals surface area contributed by atoms with Gasteiger partial charge < -0.3 is 44.5 Å². The molecule has 0 bridgehead atoms. The van der Waals surface area contributed by atoms with Crippen LogP contribution < -0.4 is 10.2 Å². The molecule has 2 heterocycles. The summed E-state index contributed by atoms with van der Waals surface area (Å²) in [4.78, 5) is 12.9. The normalized spacial score (nSPS) is 26.1. The minimum Gasteiger partial charge on any atom is -0.508 e. The molecule has 1 aliphatic heterocycles. The third-order valence-corrected chi connectivity index (χ3v) is 5.11. The van der Waals surface area contributed by atoms with Crippen molar-refractivity contribution in [2.45, 2.75) is 30.7 Å². The van der Waals surface area contributed by atoms with Crippen molar-refractivity contribution in [3.63, 3.8) is 0 Å². The van der Waals surface area contributed by atoms with Gasteiger partial charge in [-0.1, -0.05) is 12.1 Å². The van der Waals surface area contributed by atoms with E-state index >= 15 is 0 Å². The van der Waals surface area contributed by atoms with Gasteiger partial charge in [0.05, 0.1) is 12.2 Å². The van der Waals surface area contributed by atoms with Crippen molar-refractivity contribution in [2.75, 3.05) is 6.61 Å². The van der Waals surface area contributed by atoms with E-state index < -0.39 is 48.5 Å². The van der Waals surface area contributed by atoms with E-state index in [9.17, 15) is 35.4 Å². The van der Waals surface area contributed by atoms with E-state index in [1.165, 1.54) is 36.6 Å². The van der Waals surface area contributed by atoms with Crippen LogP contribution in [0.4, 0.5) is 0 Å². The third kappa shape index (κ3) is 3.82. The van der Waals surface area contributed by atoms with Crippen LogP contribution in [0.2, 0.25) is 0 Å². The van der Waals surface area contributed by atoms with E-state index in [1.807, 2.05) is 0 Å². The second-order valence-corrected chi connectivity index (χ2v) is 7.16. The molecule has 0 spiro atoms. The van der Waals surface area contributed by atoms with Crippen LogP contribution in [0.3, 0.4) is 0 Å². The van der Waals surface area contributed by atoms with Crippen LogP contribution >= 0.6 is 0 Å². The predicted octanol–water partition coefficient (Wildman–Crippen LogP) is 0.0499. The molecule has 0 unspecified atom stereocenters. The fourth-order valence-corrected chi connectivity index (χ4v) is 3.41. The number of ether oxygens (including phenoxy) is 2. The number of hydrogen-bond donors (Lipinski definition) is 6. The minimum atomic E-state index is -1.64. The first-order valence-corrected chi connectivity index (χ1v) is 9.35. The van der Waals surface area contributed by atoms with E-state index in [0.717, 1.165) is 6.07 Å². The zero-order chi connectivity index (χ0) is 22.3. The van der Waals surface area contributed by atoms with Gasteiger partial charge in [0.25, 0.3) is 0 Å². The van der Waals surface area contributed by atoms with Crippen LogP contribution in [-0.4, -0.2) is 68.0 Å². The van der Waals surface area contributed by atoms with Crippen LogP contribution in [0.15, 0.2) is 51.9 Å². The lowest BCUT2D eigenvalue weighted by atomic mass is 9.99. The number of phenolic OH excluding ortho intramolecular Hbond substituents is 2. The Morgan fingerprint density at radius 1 is 0.968 bits per heavy atom. The number of phenols is 2. The van der Waals surface area contributed by atoms with E-state index in [2.05, 4.69) is 0 Å². The standard InChI is InChI=1S/C21H20O10/c22-7-15-18(26)19(27)20(28)21(31-15)30-11-5-13(24)16-14(6-11)29-8-12(17(16)25)9-1-3-10(23)4-2-9/h1-6,8,15,18-24,26-28H,7H2/t15-,18-,19-,20-,21+/m1/s1. The third-order valence-electron chi connectivity index (χ3n) is 5.11. The monoisotopic (exact) mass is 432 g/mol. The second-order valence-electron chi connectivity index (χ2n) is 7.16. The van der Waals surface area contributed by atoms with Crippen molar-refractivity contribution in [3.8, 4) is 28.4 Å². The summed E-state index contributed by atoms with van der Waals surface area (Å²) in [5.41, 5.74) is 0.135. The van der Waals surface area contributed by atoms with Crippen LogP contribution in [-0.2, 0) is 4.74 Å². The predicted molar refractivity (Wildman–Crippen MR) is 106 cm³/mol. The molecule has 0 aliphatic carbocycles. The van der Waals surface area contributed by atoms with Gasteiger partial charge in [0.1, 0.15) is 58.9 Å². The first-order valence-electron chi connectivity index (χ1n) is 9.35. The maximum atomic E-state index is 12.9. The first kappa shape index (κ1) is 21.1. The fourth-order valence-electron chi connectivity index (χ4n) is 3.41. The number of aliphatic hydroxyl groups is 4. The van der Waals surface area contributed by atoms with Gasteiger partial charge in [-0.3, -0.25) is 4.79 Å². The van der Waals surface area contributed by atoms with Gasteiger partial charge >= 0.3 is 0 Å². The summed E-state index contributed by atoms with van der Waals surface area (Å²) in [7, 11) is 0. The molecule has 1 saturated heterocycles. The molecule has 31 heavy (non-hydrogen) atoms. The first-order chi connectivity index (χ1) is 14.8. The molecule has 3 aromatic rings. The van der Waals surface area contributed by atoms with E-state index in [-0.39, 0.29) is 28.0 Å². The Morgan fingerprint density at radius 2 is 1.68 bits per heavy atom. The highest BCUT2D eigenvalue weighted by Gasteiger charge is 2.44. The summed E-state index contributed by atoms with van der Waals surface area (Å²) in [5, 5.41) is 58.8. The number of aliphatic hydroxyl groups excluding tert-OH is 4. The van der Waals surface area contributed by atoms with Gasteiger partial charge in [0, 0.05) is 12.1 Å². The summed E-state index contributed by atoms with van der Waals surface area (Å²) >= 11 is 0. The summed E-state index contributed by atoms with van der Waals surface area (Å²) in [5.74, 6) is -0.465. The Labute approximate surface area is 174 Å². The van der Waals surface area contributed by atoms with Crippen LogP contribution in [0.25, 0.3) is 22.1 Å². The van der Waals surface area contributed by atoms with E-state index in [1.54, 1.807) is 0 Å². The molecule has 1 aromatic heterocycles. The Bertz CT molecular complexity index is 1140. The minimum absolute atomic E-state index is 0.00730. The van der Waals surface area contributed by atoms with Crippen LogP contribution in [0.5, 0.6) is 17.2 Å². The van der Waals surface area contributed by atoms with Crippen LogP contribution in [0.1, 0.15) is 0 Å². The molecule has 0 radical (unpaired) electrons. The second kappa shape index (κ2) is 8.17. The van der Waals surface area contributed by atoms with Crippen molar-refractivity contribution < 1.29 is 44.5 Å². The van der Waals surface area contributed by atoms with Crippen LogP contribution in [0, 0.1) is 0 Å². The maximum absolute atomic E-state index is 12.9. The Balaban J connectivity index is 1.68. The highest BCUT2D eigenvalue weighted by molar-refractivity contribution is 5.88. The lowest BCUT2D eigenvalue weighted by molar-refractivity contribution is -0.277. The van der Waals surface area contributed by atoms with Crippen molar-refractivity contribution in [1.29, 1.82) is 0 Å². The molecule has 1 aliphatic rings. The summed E-state index contributed by atoms with van der Waals surface area (Å²) in [6, 6.07) is 8.29. The number of aromatic hydroxyl groups is 2. The molecule has 1 fully saturated rings.